The first-order valence-corrected chi connectivity index (χ1v) is 5.31. The van der Waals surface area contributed by atoms with Crippen molar-refractivity contribution in [2.24, 2.45) is 0 Å². The van der Waals surface area contributed by atoms with Gasteiger partial charge in [-0.2, -0.15) is 12.6 Å². The second-order valence-electron chi connectivity index (χ2n) is 3.06. The fraction of sp³-hybridized carbons (Fsp3) is 0.778. The zero-order valence-corrected chi connectivity index (χ0v) is 9.97. The molecule has 0 aromatic rings. The topological polar surface area (TPSA) is 67.4 Å². The Morgan fingerprint density at radius 2 is 2.00 bits per heavy atom. The summed E-state index contributed by atoms with van der Waals surface area (Å²) in [5.41, 5.74) is 0. The lowest BCUT2D eigenvalue weighted by atomic mass is 10.3. The van der Waals surface area contributed by atoms with Crippen LogP contribution in [0.4, 0.5) is 0 Å². The third-order valence-electron chi connectivity index (χ3n) is 1.66. The average Bonchev–Trinajstić information content (AvgIpc) is 2.18. The summed E-state index contributed by atoms with van der Waals surface area (Å²) in [6.45, 7) is 3.00. The van der Waals surface area contributed by atoms with Crippen molar-refractivity contribution >= 4 is 24.4 Å². The summed E-state index contributed by atoms with van der Waals surface area (Å²) >= 11 is 3.96. The lowest BCUT2D eigenvalue weighted by Crippen LogP contribution is -2.34. The Labute approximate surface area is 95.4 Å². The minimum absolute atomic E-state index is 0.0980. The first-order chi connectivity index (χ1) is 7.07. The maximum Gasteiger partial charge on any atom is 0.232 e. The van der Waals surface area contributed by atoms with Gasteiger partial charge in [-0.25, -0.2) is 0 Å². The summed E-state index contributed by atoms with van der Waals surface area (Å²) in [7, 11) is 1.57. The van der Waals surface area contributed by atoms with Gasteiger partial charge in [-0.05, 0) is 6.92 Å². The second kappa shape index (κ2) is 8.55. The van der Waals surface area contributed by atoms with E-state index in [9.17, 15) is 9.59 Å². The maximum absolute atomic E-state index is 11.1. The molecule has 0 aliphatic heterocycles. The second-order valence-corrected chi connectivity index (χ2v) is 3.83. The highest BCUT2D eigenvalue weighted by Gasteiger charge is 2.07. The SMILES string of the molecule is COCCNC(=O)CCNC(=O)C(C)S. The van der Waals surface area contributed by atoms with Crippen molar-refractivity contribution in [1.29, 1.82) is 0 Å². The van der Waals surface area contributed by atoms with Crippen molar-refractivity contribution in [3.63, 3.8) is 0 Å². The van der Waals surface area contributed by atoms with E-state index in [1.54, 1.807) is 14.0 Å². The molecule has 88 valence electrons. The van der Waals surface area contributed by atoms with Crippen LogP contribution >= 0.6 is 12.6 Å². The first-order valence-electron chi connectivity index (χ1n) is 4.79. The molecule has 0 radical (unpaired) electrons. The van der Waals surface area contributed by atoms with Gasteiger partial charge in [0.1, 0.15) is 0 Å². The minimum atomic E-state index is -0.346. The molecule has 0 aliphatic rings. The van der Waals surface area contributed by atoms with Gasteiger partial charge >= 0.3 is 0 Å². The fourth-order valence-electron chi connectivity index (χ4n) is 0.828. The number of thiol groups is 1. The van der Waals surface area contributed by atoms with E-state index in [-0.39, 0.29) is 23.5 Å². The van der Waals surface area contributed by atoms with Crippen LogP contribution in [-0.2, 0) is 14.3 Å². The van der Waals surface area contributed by atoms with Gasteiger partial charge in [0.05, 0.1) is 11.9 Å². The van der Waals surface area contributed by atoms with Gasteiger partial charge in [0.2, 0.25) is 11.8 Å². The molecule has 0 aliphatic carbocycles. The normalized spacial score (nSPS) is 11.9. The highest BCUT2D eigenvalue weighted by atomic mass is 32.1. The summed E-state index contributed by atoms with van der Waals surface area (Å²) in [6, 6.07) is 0. The number of nitrogens with one attached hydrogen (secondary N) is 2. The standard InChI is InChI=1S/C9H18N2O3S/c1-7(15)9(13)11-4-3-8(12)10-5-6-14-2/h7,15H,3-6H2,1-2H3,(H,10,12)(H,11,13). The molecule has 0 saturated heterocycles. The molecule has 6 heteroatoms. The minimum Gasteiger partial charge on any atom is -0.383 e. The maximum atomic E-state index is 11.1. The summed E-state index contributed by atoms with van der Waals surface area (Å²) in [4.78, 5) is 22.2. The molecular weight excluding hydrogens is 216 g/mol. The van der Waals surface area contributed by atoms with E-state index in [1.165, 1.54) is 0 Å². The van der Waals surface area contributed by atoms with Crippen LogP contribution in [0.3, 0.4) is 0 Å². The van der Waals surface area contributed by atoms with Crippen molar-refractivity contribution < 1.29 is 14.3 Å². The number of methoxy groups -OCH3 is 1. The molecule has 2 amide bonds. The fourth-order valence-corrected chi connectivity index (χ4v) is 0.919. The lowest BCUT2D eigenvalue weighted by Gasteiger charge is -2.07. The van der Waals surface area contributed by atoms with E-state index in [2.05, 4.69) is 23.3 Å². The van der Waals surface area contributed by atoms with E-state index < -0.39 is 0 Å². The highest BCUT2D eigenvalue weighted by molar-refractivity contribution is 7.81. The van der Waals surface area contributed by atoms with Gasteiger partial charge in [-0.15, -0.1) is 0 Å². The van der Waals surface area contributed by atoms with Gasteiger partial charge < -0.3 is 15.4 Å². The number of amides is 2. The average molecular weight is 234 g/mol. The van der Waals surface area contributed by atoms with Gasteiger partial charge in [-0.1, -0.05) is 0 Å². The first kappa shape index (κ1) is 14.2. The molecule has 1 atom stereocenters. The van der Waals surface area contributed by atoms with Crippen LogP contribution in [0.1, 0.15) is 13.3 Å². The Bertz CT molecular complexity index is 210. The summed E-state index contributed by atoms with van der Waals surface area (Å²) in [5.74, 6) is -0.262. The van der Waals surface area contributed by atoms with Gasteiger partial charge in [0.25, 0.3) is 0 Å². The number of carbonyl (C=O) groups is 2. The molecule has 0 fully saturated rings. The molecule has 0 spiro atoms. The summed E-state index contributed by atoms with van der Waals surface area (Å²) < 4.78 is 4.77. The number of carbonyl (C=O) groups excluding carboxylic acids is 2. The van der Waals surface area contributed by atoms with Crippen molar-refractivity contribution in [3.8, 4) is 0 Å². The number of rotatable bonds is 7. The van der Waals surface area contributed by atoms with Crippen molar-refractivity contribution in [2.75, 3.05) is 26.8 Å². The van der Waals surface area contributed by atoms with Crippen LogP contribution in [0.5, 0.6) is 0 Å². The Morgan fingerprint density at radius 3 is 2.53 bits per heavy atom. The molecule has 0 aromatic heterocycles. The van der Waals surface area contributed by atoms with Gasteiger partial charge in [0.15, 0.2) is 0 Å². The molecule has 5 nitrogen and oxygen atoms in total. The molecule has 0 saturated carbocycles. The van der Waals surface area contributed by atoms with E-state index in [4.69, 9.17) is 4.74 Å². The lowest BCUT2D eigenvalue weighted by molar-refractivity contribution is -0.122. The zero-order chi connectivity index (χ0) is 11.7. The van der Waals surface area contributed by atoms with E-state index in [0.717, 1.165) is 0 Å². The van der Waals surface area contributed by atoms with Crippen LogP contribution in [-0.4, -0.2) is 43.9 Å². The van der Waals surface area contributed by atoms with Crippen molar-refractivity contribution in [2.45, 2.75) is 18.6 Å². The smallest absolute Gasteiger partial charge is 0.232 e. The third kappa shape index (κ3) is 8.26. The van der Waals surface area contributed by atoms with E-state index in [1.807, 2.05) is 0 Å². The summed E-state index contributed by atoms with van der Waals surface area (Å²) in [6.07, 6.45) is 0.274. The number of hydrogen-bond donors (Lipinski definition) is 3. The Balaban J connectivity index is 3.42. The molecule has 15 heavy (non-hydrogen) atoms. The van der Waals surface area contributed by atoms with Gasteiger partial charge in [0, 0.05) is 26.6 Å². The highest BCUT2D eigenvalue weighted by Crippen LogP contribution is 1.91. The zero-order valence-electron chi connectivity index (χ0n) is 9.08. The molecule has 0 heterocycles. The molecule has 0 bridgehead atoms. The Kier molecular flexibility index (Phi) is 8.12. The largest absolute Gasteiger partial charge is 0.383 e. The van der Waals surface area contributed by atoms with Crippen LogP contribution in [0.25, 0.3) is 0 Å². The predicted octanol–water partition coefficient (Wildman–Crippen LogP) is -0.426. The van der Waals surface area contributed by atoms with E-state index in [0.29, 0.717) is 19.7 Å². The van der Waals surface area contributed by atoms with Crippen LogP contribution in [0, 0.1) is 0 Å². The van der Waals surface area contributed by atoms with E-state index >= 15 is 0 Å². The molecule has 2 N–H and O–H groups in total. The Hall–Kier alpha value is -0.750. The Morgan fingerprint density at radius 1 is 1.33 bits per heavy atom. The van der Waals surface area contributed by atoms with Crippen molar-refractivity contribution in [3.05, 3.63) is 0 Å². The molecule has 0 aromatic carbocycles. The summed E-state index contributed by atoms with van der Waals surface area (Å²) in [5, 5.41) is 4.90. The quantitative estimate of drug-likeness (QED) is 0.414. The number of ether oxygens (including phenoxy) is 1. The monoisotopic (exact) mass is 234 g/mol. The molecule has 0 rings (SSSR count). The van der Waals surface area contributed by atoms with Gasteiger partial charge in [-0.3, -0.25) is 9.59 Å². The third-order valence-corrected chi connectivity index (χ3v) is 1.89. The van der Waals surface area contributed by atoms with Crippen LogP contribution in [0.15, 0.2) is 0 Å². The molecule has 1 unspecified atom stereocenters. The predicted molar refractivity (Wildman–Crippen MR) is 61.0 cm³/mol. The molecular formula is C9H18N2O3S. The number of hydrogen-bond acceptors (Lipinski definition) is 4. The van der Waals surface area contributed by atoms with Crippen LogP contribution in [0.2, 0.25) is 0 Å². The van der Waals surface area contributed by atoms with Crippen molar-refractivity contribution in [1.82, 2.24) is 10.6 Å². The van der Waals surface area contributed by atoms with Crippen LogP contribution < -0.4 is 10.6 Å².